The number of anilines is 1. The Balaban J connectivity index is 1.45. The van der Waals surface area contributed by atoms with E-state index in [-0.39, 0.29) is 5.91 Å². The molecule has 6 heteroatoms. The number of carbonyl (C=O) groups excluding carboxylic acids is 1. The number of nitrogens with zero attached hydrogens (tertiary/aromatic N) is 1. The molecule has 3 aromatic rings. The summed E-state index contributed by atoms with van der Waals surface area (Å²) in [6, 6.07) is 19.4. The SMILES string of the molecule is O=C(CSc1ccc(Cl)cc1)Nc1ccc(SCc2cccnc2)cc1. The second-order valence-corrected chi connectivity index (χ2v) is 8.00. The van der Waals surface area contributed by atoms with Crippen molar-refractivity contribution >= 4 is 46.7 Å². The second kappa shape index (κ2) is 9.67. The maximum atomic E-state index is 12.1. The number of nitrogens with one attached hydrogen (secondary N) is 1. The summed E-state index contributed by atoms with van der Waals surface area (Å²) in [7, 11) is 0. The van der Waals surface area contributed by atoms with Gasteiger partial charge in [-0.3, -0.25) is 9.78 Å². The largest absolute Gasteiger partial charge is 0.325 e. The highest BCUT2D eigenvalue weighted by Gasteiger charge is 2.04. The van der Waals surface area contributed by atoms with E-state index in [1.807, 2.05) is 60.8 Å². The number of thioether (sulfide) groups is 2. The first-order valence-corrected chi connectivity index (χ1v) is 10.3. The summed E-state index contributed by atoms with van der Waals surface area (Å²) in [4.78, 5) is 18.4. The molecule has 3 nitrogen and oxygen atoms in total. The van der Waals surface area contributed by atoms with Gasteiger partial charge in [0, 0.05) is 38.6 Å². The maximum absolute atomic E-state index is 12.1. The highest BCUT2D eigenvalue weighted by Crippen LogP contribution is 2.24. The Hall–Kier alpha value is -1.95. The fraction of sp³-hybridized carbons (Fsp3) is 0.100. The molecule has 0 bridgehead atoms. The Kier molecular flexibility index (Phi) is 7.00. The van der Waals surface area contributed by atoms with Gasteiger partial charge in [-0.05, 0) is 60.2 Å². The van der Waals surface area contributed by atoms with Crippen LogP contribution in [0.1, 0.15) is 5.56 Å². The predicted molar refractivity (Wildman–Crippen MR) is 111 cm³/mol. The molecule has 132 valence electrons. The minimum atomic E-state index is -0.0271. The number of hydrogen-bond donors (Lipinski definition) is 1. The molecule has 0 radical (unpaired) electrons. The van der Waals surface area contributed by atoms with E-state index in [4.69, 9.17) is 11.6 Å². The van der Waals surface area contributed by atoms with Crippen LogP contribution in [-0.2, 0) is 10.5 Å². The molecule has 0 fully saturated rings. The average molecular weight is 401 g/mol. The lowest BCUT2D eigenvalue weighted by atomic mass is 10.3. The van der Waals surface area contributed by atoms with Crippen LogP contribution in [0.25, 0.3) is 0 Å². The van der Waals surface area contributed by atoms with Gasteiger partial charge in [0.25, 0.3) is 0 Å². The number of carbonyl (C=O) groups is 1. The van der Waals surface area contributed by atoms with Gasteiger partial charge in [-0.15, -0.1) is 23.5 Å². The monoisotopic (exact) mass is 400 g/mol. The van der Waals surface area contributed by atoms with Crippen molar-refractivity contribution in [3.05, 3.63) is 83.6 Å². The molecular weight excluding hydrogens is 384 g/mol. The van der Waals surface area contributed by atoms with Crippen LogP contribution >= 0.6 is 35.1 Å². The number of pyridine rings is 1. The zero-order valence-electron chi connectivity index (χ0n) is 13.9. The predicted octanol–water partition coefficient (Wildman–Crippen LogP) is 5.76. The fourth-order valence-electron chi connectivity index (χ4n) is 2.16. The van der Waals surface area contributed by atoms with Gasteiger partial charge in [-0.25, -0.2) is 0 Å². The van der Waals surface area contributed by atoms with Crippen molar-refractivity contribution in [2.24, 2.45) is 0 Å². The molecule has 2 aromatic carbocycles. The number of rotatable bonds is 7. The first-order chi connectivity index (χ1) is 12.7. The van der Waals surface area contributed by atoms with Crippen LogP contribution < -0.4 is 5.32 Å². The Bertz CT molecular complexity index is 840. The molecule has 0 aliphatic rings. The second-order valence-electron chi connectivity index (χ2n) is 5.47. The zero-order chi connectivity index (χ0) is 18.2. The number of halogens is 1. The molecule has 0 aliphatic heterocycles. The number of hydrogen-bond acceptors (Lipinski definition) is 4. The van der Waals surface area contributed by atoms with E-state index in [9.17, 15) is 4.79 Å². The van der Waals surface area contributed by atoms with Crippen LogP contribution in [0.3, 0.4) is 0 Å². The van der Waals surface area contributed by atoms with Crippen LogP contribution in [0.15, 0.2) is 82.8 Å². The van der Waals surface area contributed by atoms with E-state index in [1.54, 1.807) is 18.0 Å². The molecule has 1 amide bonds. The molecule has 0 unspecified atom stereocenters. The van der Waals surface area contributed by atoms with Gasteiger partial charge >= 0.3 is 0 Å². The highest BCUT2D eigenvalue weighted by atomic mass is 35.5. The van der Waals surface area contributed by atoms with Gasteiger partial charge in [0.1, 0.15) is 0 Å². The maximum Gasteiger partial charge on any atom is 0.234 e. The van der Waals surface area contributed by atoms with E-state index in [2.05, 4.69) is 16.4 Å². The summed E-state index contributed by atoms with van der Waals surface area (Å²) in [6.45, 7) is 0. The molecule has 0 spiro atoms. The summed E-state index contributed by atoms with van der Waals surface area (Å²) >= 11 is 9.09. The van der Waals surface area contributed by atoms with Crippen LogP contribution in [-0.4, -0.2) is 16.6 Å². The van der Waals surface area contributed by atoms with Crippen molar-refractivity contribution in [1.29, 1.82) is 0 Å². The molecule has 1 N–H and O–H groups in total. The molecule has 1 aromatic heterocycles. The van der Waals surface area contributed by atoms with E-state index in [0.29, 0.717) is 10.8 Å². The minimum Gasteiger partial charge on any atom is -0.325 e. The summed E-state index contributed by atoms with van der Waals surface area (Å²) in [5.41, 5.74) is 1.99. The van der Waals surface area contributed by atoms with Gasteiger partial charge in [0.15, 0.2) is 0 Å². The Labute approximate surface area is 166 Å². The van der Waals surface area contributed by atoms with Crippen LogP contribution in [0.5, 0.6) is 0 Å². The van der Waals surface area contributed by atoms with Gasteiger partial charge in [-0.1, -0.05) is 17.7 Å². The smallest absolute Gasteiger partial charge is 0.234 e. The van der Waals surface area contributed by atoms with Crippen LogP contribution in [0, 0.1) is 0 Å². The van der Waals surface area contributed by atoms with Crippen LogP contribution in [0.4, 0.5) is 5.69 Å². The Morgan fingerprint density at radius 2 is 1.65 bits per heavy atom. The number of aromatic nitrogens is 1. The first-order valence-electron chi connectivity index (χ1n) is 7.99. The van der Waals surface area contributed by atoms with Gasteiger partial charge in [0.05, 0.1) is 5.75 Å². The van der Waals surface area contributed by atoms with E-state index in [0.717, 1.165) is 21.2 Å². The van der Waals surface area contributed by atoms with Crippen molar-refractivity contribution in [3.63, 3.8) is 0 Å². The molecule has 1 heterocycles. The normalized spacial score (nSPS) is 10.5. The Morgan fingerprint density at radius 1 is 0.962 bits per heavy atom. The van der Waals surface area contributed by atoms with Gasteiger partial charge in [0.2, 0.25) is 5.91 Å². The third-order valence-electron chi connectivity index (χ3n) is 3.45. The number of amides is 1. The summed E-state index contributed by atoms with van der Waals surface area (Å²) in [6.07, 6.45) is 3.65. The lowest BCUT2D eigenvalue weighted by Crippen LogP contribution is -2.13. The van der Waals surface area contributed by atoms with Crippen molar-refractivity contribution in [3.8, 4) is 0 Å². The van der Waals surface area contributed by atoms with Crippen molar-refractivity contribution < 1.29 is 4.79 Å². The first kappa shape index (κ1) is 18.8. The van der Waals surface area contributed by atoms with Crippen molar-refractivity contribution in [2.45, 2.75) is 15.5 Å². The molecule has 26 heavy (non-hydrogen) atoms. The van der Waals surface area contributed by atoms with Gasteiger partial charge < -0.3 is 5.32 Å². The minimum absolute atomic E-state index is 0.0271. The highest BCUT2D eigenvalue weighted by molar-refractivity contribution is 8.00. The van der Waals surface area contributed by atoms with E-state index < -0.39 is 0 Å². The third kappa shape index (κ3) is 6.09. The standard InChI is InChI=1S/C20H17ClN2OS2/c21-16-3-7-18(8-4-16)26-14-20(24)23-17-5-9-19(10-6-17)25-13-15-2-1-11-22-12-15/h1-12H,13-14H2,(H,23,24). The fourth-order valence-corrected chi connectivity index (χ4v) is 3.82. The van der Waals surface area contributed by atoms with Gasteiger partial charge in [-0.2, -0.15) is 0 Å². The lowest BCUT2D eigenvalue weighted by molar-refractivity contribution is -0.113. The van der Waals surface area contributed by atoms with Crippen molar-refractivity contribution in [2.75, 3.05) is 11.1 Å². The Morgan fingerprint density at radius 3 is 2.35 bits per heavy atom. The lowest BCUT2D eigenvalue weighted by Gasteiger charge is -2.07. The van der Waals surface area contributed by atoms with E-state index >= 15 is 0 Å². The van der Waals surface area contributed by atoms with E-state index in [1.165, 1.54) is 17.3 Å². The molecule has 0 saturated heterocycles. The molecule has 0 atom stereocenters. The zero-order valence-corrected chi connectivity index (χ0v) is 16.3. The summed E-state index contributed by atoms with van der Waals surface area (Å²) < 4.78 is 0. The molecule has 0 aliphatic carbocycles. The number of benzene rings is 2. The summed E-state index contributed by atoms with van der Waals surface area (Å²) in [5.74, 6) is 1.21. The van der Waals surface area contributed by atoms with Crippen molar-refractivity contribution in [1.82, 2.24) is 4.98 Å². The topological polar surface area (TPSA) is 42.0 Å². The average Bonchev–Trinajstić information content (AvgIpc) is 2.68. The molecule has 0 saturated carbocycles. The molecule has 3 rings (SSSR count). The van der Waals surface area contributed by atoms with Crippen LogP contribution in [0.2, 0.25) is 5.02 Å². The quantitative estimate of drug-likeness (QED) is 0.512. The third-order valence-corrected chi connectivity index (χ3v) is 5.80. The molecular formula is C20H17ClN2OS2. The summed E-state index contributed by atoms with van der Waals surface area (Å²) in [5, 5.41) is 3.61.